The average molecular weight is 640 g/mol. The van der Waals surface area contributed by atoms with Crippen molar-refractivity contribution in [3.05, 3.63) is 75.2 Å². The lowest BCUT2D eigenvalue weighted by molar-refractivity contribution is -0.384. The van der Waals surface area contributed by atoms with Gasteiger partial charge in [0.25, 0.3) is 5.69 Å². The van der Waals surface area contributed by atoms with E-state index in [9.17, 15) is 27.9 Å². The Balaban J connectivity index is 1.67. The first-order chi connectivity index (χ1) is 20.0. The Hall–Kier alpha value is -3.91. The molecule has 232 valence electrons. The molecular formula is C28H32ClF2N5O6S. The fourth-order valence-corrected chi connectivity index (χ4v) is 5.29. The maximum absolute atomic E-state index is 14.3. The van der Waals surface area contributed by atoms with Crippen molar-refractivity contribution < 1.29 is 32.2 Å². The van der Waals surface area contributed by atoms with Gasteiger partial charge in [-0.15, -0.1) is 4.36 Å². The predicted octanol–water partition coefficient (Wildman–Crippen LogP) is 6.81. The smallest absolute Gasteiger partial charge is 0.442 e. The van der Waals surface area contributed by atoms with E-state index in [0.29, 0.717) is 30.6 Å². The number of non-ortho nitro benzene ring substituents is 1. The summed E-state index contributed by atoms with van der Waals surface area (Å²) < 4.78 is 55.8. The van der Waals surface area contributed by atoms with Gasteiger partial charge in [-0.2, -0.15) is 0 Å². The van der Waals surface area contributed by atoms with Gasteiger partial charge in [0, 0.05) is 49.3 Å². The Morgan fingerprint density at radius 2 is 1.91 bits per heavy atom. The number of ether oxygens (including phenoxy) is 2. The van der Waals surface area contributed by atoms with Crippen molar-refractivity contribution in [1.82, 2.24) is 9.97 Å². The van der Waals surface area contributed by atoms with Gasteiger partial charge in [-0.3, -0.25) is 10.1 Å². The SMILES string of the molecule is CN(CCCCOc1cc(F)ccc1-c1nc(Cl)ncc1F)c1cc(CS(C)(=O)=NC(=O)OC(C)(C)C)cc([N+](=O)[O-])c1. The Labute approximate surface area is 253 Å². The first kappa shape index (κ1) is 33.6. The summed E-state index contributed by atoms with van der Waals surface area (Å²) in [6.07, 6.45) is 2.32. The van der Waals surface area contributed by atoms with Crippen molar-refractivity contribution >= 4 is 38.8 Å². The van der Waals surface area contributed by atoms with Gasteiger partial charge in [0.2, 0.25) is 5.28 Å². The molecular weight excluding hydrogens is 608 g/mol. The molecule has 3 rings (SSSR count). The fourth-order valence-electron chi connectivity index (χ4n) is 3.95. The molecule has 0 saturated heterocycles. The van der Waals surface area contributed by atoms with Gasteiger partial charge in [-0.25, -0.2) is 27.8 Å². The van der Waals surface area contributed by atoms with E-state index >= 15 is 0 Å². The van der Waals surface area contributed by atoms with E-state index in [0.717, 1.165) is 18.3 Å². The monoisotopic (exact) mass is 639 g/mol. The standard InChI is InChI=1S/C28H32ClF2N5O6S/c1-28(2,3)42-27(37)34-43(5,40)17-18-12-20(15-21(13-18)36(38)39)35(4)10-6-7-11-41-24-14-19(30)8-9-22(24)25-23(31)16-32-26(29)33-25/h8-9,12-16H,6-7,10-11,17H2,1-5H3. The molecule has 15 heteroatoms. The van der Waals surface area contributed by atoms with E-state index in [1.54, 1.807) is 38.8 Å². The van der Waals surface area contributed by atoms with Crippen molar-refractivity contribution in [3.8, 4) is 17.0 Å². The Kier molecular flexibility index (Phi) is 11.0. The number of nitro benzene ring substituents is 1. The molecule has 0 bridgehead atoms. The van der Waals surface area contributed by atoms with E-state index in [1.807, 2.05) is 0 Å². The maximum Gasteiger partial charge on any atom is 0.442 e. The summed E-state index contributed by atoms with van der Waals surface area (Å²) in [5, 5.41) is 11.4. The summed E-state index contributed by atoms with van der Waals surface area (Å²) in [6.45, 7) is 5.59. The summed E-state index contributed by atoms with van der Waals surface area (Å²) in [6, 6.07) is 7.96. The highest BCUT2D eigenvalue weighted by atomic mass is 35.5. The van der Waals surface area contributed by atoms with Crippen LogP contribution in [0.4, 0.5) is 25.0 Å². The minimum absolute atomic E-state index is 0.0882. The van der Waals surface area contributed by atoms with E-state index in [2.05, 4.69) is 14.3 Å². The molecule has 0 N–H and O–H groups in total. The number of amides is 1. The van der Waals surface area contributed by atoms with Crippen molar-refractivity contribution in [1.29, 1.82) is 0 Å². The zero-order valence-corrected chi connectivity index (χ0v) is 25.9. The lowest BCUT2D eigenvalue weighted by atomic mass is 10.1. The summed E-state index contributed by atoms with van der Waals surface area (Å²) in [5.41, 5.74) is -0.0474. The number of unbranched alkanes of at least 4 members (excludes halogenated alkanes) is 1. The largest absolute Gasteiger partial charge is 0.493 e. The van der Waals surface area contributed by atoms with Crippen molar-refractivity contribution in [2.45, 2.75) is 45.0 Å². The highest BCUT2D eigenvalue weighted by Gasteiger charge is 2.20. The zero-order chi connectivity index (χ0) is 31.9. The molecule has 2 aromatic carbocycles. The second kappa shape index (κ2) is 14.0. The van der Waals surface area contributed by atoms with Crippen LogP contribution in [-0.2, 0) is 20.2 Å². The number of benzene rings is 2. The number of hydrogen-bond donors (Lipinski definition) is 0. The normalized spacial score (nSPS) is 12.7. The number of halogens is 3. The first-order valence-electron chi connectivity index (χ1n) is 13.1. The van der Waals surface area contributed by atoms with Crippen LogP contribution in [-0.4, -0.2) is 57.2 Å². The Morgan fingerprint density at radius 3 is 2.58 bits per heavy atom. The Bertz CT molecular complexity index is 1630. The molecule has 11 nitrogen and oxygen atoms in total. The number of nitro groups is 1. The molecule has 1 aromatic heterocycles. The maximum atomic E-state index is 14.3. The van der Waals surface area contributed by atoms with Crippen LogP contribution in [0.1, 0.15) is 39.2 Å². The van der Waals surface area contributed by atoms with Crippen molar-refractivity contribution in [2.24, 2.45) is 4.36 Å². The van der Waals surface area contributed by atoms with Crippen LogP contribution in [0.5, 0.6) is 5.75 Å². The molecule has 0 radical (unpaired) electrons. The zero-order valence-electron chi connectivity index (χ0n) is 24.3. The van der Waals surface area contributed by atoms with Gasteiger partial charge in [0.15, 0.2) is 5.82 Å². The number of aromatic nitrogens is 2. The molecule has 0 spiro atoms. The van der Waals surface area contributed by atoms with Crippen LogP contribution in [0.2, 0.25) is 5.28 Å². The van der Waals surface area contributed by atoms with E-state index in [-0.39, 0.29) is 40.3 Å². The molecule has 0 aliphatic carbocycles. The van der Waals surface area contributed by atoms with Crippen LogP contribution >= 0.6 is 11.6 Å². The minimum atomic E-state index is -3.10. The highest BCUT2D eigenvalue weighted by Crippen LogP contribution is 2.32. The third kappa shape index (κ3) is 10.4. The molecule has 1 amide bonds. The van der Waals surface area contributed by atoms with Gasteiger partial charge in [0.1, 0.15) is 22.9 Å². The first-order valence-corrected chi connectivity index (χ1v) is 15.5. The van der Waals surface area contributed by atoms with Crippen LogP contribution in [0.15, 0.2) is 47.0 Å². The molecule has 1 atom stereocenters. The lowest BCUT2D eigenvalue weighted by Crippen LogP contribution is -2.22. The summed E-state index contributed by atoms with van der Waals surface area (Å²) in [5.74, 6) is -1.42. The molecule has 43 heavy (non-hydrogen) atoms. The average Bonchev–Trinajstić information content (AvgIpc) is 2.88. The Morgan fingerprint density at radius 1 is 1.19 bits per heavy atom. The van der Waals surface area contributed by atoms with E-state index < -0.39 is 38.0 Å². The van der Waals surface area contributed by atoms with Gasteiger partial charge < -0.3 is 14.4 Å². The van der Waals surface area contributed by atoms with E-state index in [1.165, 1.54) is 24.5 Å². The second-order valence-corrected chi connectivity index (χ2v) is 13.5. The fraction of sp³-hybridized carbons (Fsp3) is 0.393. The molecule has 0 fully saturated rings. The summed E-state index contributed by atoms with van der Waals surface area (Å²) in [7, 11) is -1.36. The van der Waals surface area contributed by atoms with E-state index in [4.69, 9.17) is 21.1 Å². The van der Waals surface area contributed by atoms with Gasteiger partial charge in [0.05, 0.1) is 33.2 Å². The van der Waals surface area contributed by atoms with Gasteiger partial charge in [-0.1, -0.05) is 0 Å². The number of nitrogens with zero attached hydrogens (tertiary/aromatic N) is 5. The molecule has 0 aliphatic rings. The van der Waals surface area contributed by atoms with Crippen LogP contribution < -0.4 is 9.64 Å². The third-order valence-electron chi connectivity index (χ3n) is 5.77. The predicted molar refractivity (Wildman–Crippen MR) is 160 cm³/mol. The summed E-state index contributed by atoms with van der Waals surface area (Å²) >= 11 is 5.80. The lowest BCUT2D eigenvalue weighted by Gasteiger charge is -2.20. The van der Waals surface area contributed by atoms with Crippen LogP contribution in [0.3, 0.4) is 0 Å². The second-order valence-electron chi connectivity index (χ2n) is 10.7. The molecule has 1 unspecified atom stereocenters. The topological polar surface area (TPSA) is 137 Å². The number of carbonyl (C=O) groups is 1. The third-order valence-corrected chi connectivity index (χ3v) is 7.35. The molecule has 0 aliphatic heterocycles. The molecule has 0 saturated carbocycles. The van der Waals surface area contributed by atoms with Crippen molar-refractivity contribution in [3.63, 3.8) is 0 Å². The number of anilines is 1. The highest BCUT2D eigenvalue weighted by molar-refractivity contribution is 7.92. The van der Waals surface area contributed by atoms with Gasteiger partial charge in [-0.05, 0) is 69.0 Å². The molecule has 1 heterocycles. The van der Waals surface area contributed by atoms with Crippen LogP contribution in [0, 0.1) is 21.7 Å². The number of carbonyl (C=O) groups excluding carboxylic acids is 1. The minimum Gasteiger partial charge on any atom is -0.493 e. The quantitative estimate of drug-likeness (QED) is 0.0958. The van der Waals surface area contributed by atoms with Gasteiger partial charge >= 0.3 is 6.09 Å². The number of hydrogen-bond acceptors (Lipinski definition) is 9. The van der Waals surface area contributed by atoms with Crippen LogP contribution in [0.25, 0.3) is 11.3 Å². The summed E-state index contributed by atoms with van der Waals surface area (Å²) in [4.78, 5) is 32.4. The van der Waals surface area contributed by atoms with Crippen molar-refractivity contribution in [2.75, 3.05) is 31.4 Å². The number of rotatable bonds is 11. The molecule has 3 aromatic rings.